The molecule has 0 saturated carbocycles. The van der Waals surface area contributed by atoms with Crippen LogP contribution in [-0.2, 0) is 14.3 Å². The van der Waals surface area contributed by atoms with E-state index < -0.39 is 11.9 Å². The Labute approximate surface area is 136 Å². The maximum Gasteiger partial charge on any atom is 0.253 e. The molecule has 2 saturated heterocycles. The van der Waals surface area contributed by atoms with Gasteiger partial charge in [-0.15, -0.1) is 0 Å². The van der Waals surface area contributed by atoms with Gasteiger partial charge in [0.15, 0.2) is 17.7 Å². The Balaban J connectivity index is 1.69. The van der Waals surface area contributed by atoms with Crippen LogP contribution < -0.4 is 4.90 Å². The van der Waals surface area contributed by atoms with Crippen molar-refractivity contribution in [3.05, 3.63) is 22.6 Å². The maximum absolute atomic E-state index is 14.0. The van der Waals surface area contributed by atoms with Crippen molar-refractivity contribution >= 4 is 27.7 Å². The molecule has 2 aliphatic rings. The van der Waals surface area contributed by atoms with Crippen molar-refractivity contribution in [3.63, 3.8) is 0 Å². The Bertz CT molecular complexity index is 554. The molecular weight excluding hydrogens is 357 g/mol. The Morgan fingerprint density at radius 1 is 1.32 bits per heavy atom. The lowest BCUT2D eigenvalue weighted by molar-refractivity contribution is -0.148. The summed E-state index contributed by atoms with van der Waals surface area (Å²) in [5.74, 6) is -0.217. The van der Waals surface area contributed by atoms with Crippen LogP contribution in [0, 0.1) is 5.82 Å². The number of carbonyl (C=O) groups is 1. The van der Waals surface area contributed by atoms with Gasteiger partial charge in [0.1, 0.15) is 0 Å². The van der Waals surface area contributed by atoms with Crippen molar-refractivity contribution in [1.82, 2.24) is 9.88 Å². The van der Waals surface area contributed by atoms with Gasteiger partial charge < -0.3 is 19.3 Å². The standard InChI is InChI=1S/C14H17BrFN3O3/c15-10-7-11(16)13(17-8-10)19-3-6-22-12(9-19)14(20)18-1-4-21-5-2-18/h7-8,12H,1-6,9H2. The molecule has 3 rings (SSSR count). The molecule has 0 aromatic carbocycles. The van der Waals surface area contributed by atoms with Crippen molar-refractivity contribution < 1.29 is 18.7 Å². The first kappa shape index (κ1) is 15.6. The second kappa shape index (κ2) is 6.89. The van der Waals surface area contributed by atoms with Gasteiger partial charge in [-0.2, -0.15) is 0 Å². The summed E-state index contributed by atoms with van der Waals surface area (Å²) in [4.78, 5) is 20.1. The number of hydrogen-bond donors (Lipinski definition) is 0. The highest BCUT2D eigenvalue weighted by atomic mass is 79.9. The van der Waals surface area contributed by atoms with Crippen LogP contribution in [0.2, 0.25) is 0 Å². The summed E-state index contributed by atoms with van der Waals surface area (Å²) in [6.45, 7) is 3.43. The molecule has 1 unspecified atom stereocenters. The normalized spacial score (nSPS) is 22.7. The minimum absolute atomic E-state index is 0.0643. The van der Waals surface area contributed by atoms with Gasteiger partial charge in [-0.1, -0.05) is 0 Å². The molecule has 0 N–H and O–H groups in total. The third-order valence-electron chi connectivity index (χ3n) is 3.75. The van der Waals surface area contributed by atoms with Gasteiger partial charge in [0.05, 0.1) is 26.4 Å². The number of carbonyl (C=O) groups excluding carboxylic acids is 1. The molecule has 8 heteroatoms. The number of pyridine rings is 1. The first-order valence-electron chi connectivity index (χ1n) is 7.19. The summed E-state index contributed by atoms with van der Waals surface area (Å²) in [7, 11) is 0. The summed E-state index contributed by atoms with van der Waals surface area (Å²) in [5.41, 5.74) is 0. The van der Waals surface area contributed by atoms with E-state index in [2.05, 4.69) is 20.9 Å². The predicted molar refractivity (Wildman–Crippen MR) is 81.2 cm³/mol. The van der Waals surface area contributed by atoms with E-state index in [1.807, 2.05) is 0 Å². The van der Waals surface area contributed by atoms with E-state index in [0.717, 1.165) is 0 Å². The fourth-order valence-corrected chi connectivity index (χ4v) is 2.92. The summed E-state index contributed by atoms with van der Waals surface area (Å²) in [6.07, 6.45) is 0.962. The summed E-state index contributed by atoms with van der Waals surface area (Å²) in [5, 5.41) is 0. The minimum Gasteiger partial charge on any atom is -0.378 e. The zero-order chi connectivity index (χ0) is 15.5. The van der Waals surface area contributed by atoms with Crippen molar-refractivity contribution in [2.75, 3.05) is 50.9 Å². The lowest BCUT2D eigenvalue weighted by Crippen LogP contribution is -2.53. The molecule has 3 heterocycles. The Morgan fingerprint density at radius 3 is 2.82 bits per heavy atom. The van der Waals surface area contributed by atoms with E-state index >= 15 is 0 Å². The third kappa shape index (κ3) is 3.39. The highest BCUT2D eigenvalue weighted by Gasteiger charge is 2.32. The monoisotopic (exact) mass is 373 g/mol. The Kier molecular flexibility index (Phi) is 4.90. The van der Waals surface area contributed by atoms with Crippen LogP contribution >= 0.6 is 15.9 Å². The average molecular weight is 374 g/mol. The van der Waals surface area contributed by atoms with Crippen LogP contribution in [0.1, 0.15) is 0 Å². The summed E-state index contributed by atoms with van der Waals surface area (Å²) >= 11 is 3.19. The minimum atomic E-state index is -0.586. The molecule has 0 aliphatic carbocycles. The highest BCUT2D eigenvalue weighted by Crippen LogP contribution is 2.22. The SMILES string of the molecule is O=C(C1CN(c2ncc(Br)cc2F)CCO1)N1CCOCC1. The number of ether oxygens (including phenoxy) is 2. The van der Waals surface area contributed by atoms with Gasteiger partial charge >= 0.3 is 0 Å². The number of amides is 1. The van der Waals surface area contributed by atoms with Gasteiger partial charge in [0.25, 0.3) is 5.91 Å². The number of hydrogen-bond acceptors (Lipinski definition) is 5. The average Bonchev–Trinajstić information content (AvgIpc) is 2.55. The molecule has 120 valence electrons. The van der Waals surface area contributed by atoms with Crippen molar-refractivity contribution in [1.29, 1.82) is 0 Å². The topological polar surface area (TPSA) is 54.9 Å². The van der Waals surface area contributed by atoms with Crippen LogP contribution in [0.15, 0.2) is 16.7 Å². The molecule has 0 bridgehead atoms. The van der Waals surface area contributed by atoms with Crippen LogP contribution in [0.25, 0.3) is 0 Å². The summed E-state index contributed by atoms with van der Waals surface area (Å²) in [6, 6.07) is 1.37. The molecule has 2 aliphatic heterocycles. The number of rotatable bonds is 2. The van der Waals surface area contributed by atoms with E-state index in [1.54, 1.807) is 16.0 Å². The highest BCUT2D eigenvalue weighted by molar-refractivity contribution is 9.10. The third-order valence-corrected chi connectivity index (χ3v) is 4.19. The second-order valence-electron chi connectivity index (χ2n) is 5.20. The number of anilines is 1. The quantitative estimate of drug-likeness (QED) is 0.775. The lowest BCUT2D eigenvalue weighted by atomic mass is 10.2. The van der Waals surface area contributed by atoms with Gasteiger partial charge in [-0.3, -0.25) is 4.79 Å². The number of nitrogens with zero attached hydrogens (tertiary/aromatic N) is 3. The molecule has 1 aromatic heterocycles. The molecule has 0 radical (unpaired) electrons. The second-order valence-corrected chi connectivity index (χ2v) is 6.12. The number of halogens is 2. The Hall–Kier alpha value is -1.25. The van der Waals surface area contributed by atoms with E-state index in [9.17, 15) is 9.18 Å². The molecule has 0 spiro atoms. The van der Waals surface area contributed by atoms with Crippen molar-refractivity contribution in [2.45, 2.75) is 6.10 Å². The summed E-state index contributed by atoms with van der Waals surface area (Å²) < 4.78 is 25.4. The smallest absolute Gasteiger partial charge is 0.253 e. The molecule has 1 aromatic rings. The van der Waals surface area contributed by atoms with Crippen molar-refractivity contribution in [2.24, 2.45) is 0 Å². The molecule has 22 heavy (non-hydrogen) atoms. The van der Waals surface area contributed by atoms with Gasteiger partial charge in [-0.25, -0.2) is 9.37 Å². The first-order valence-corrected chi connectivity index (χ1v) is 7.98. The zero-order valence-corrected chi connectivity index (χ0v) is 13.6. The van der Waals surface area contributed by atoms with Crippen LogP contribution in [-0.4, -0.2) is 67.9 Å². The van der Waals surface area contributed by atoms with Gasteiger partial charge in [0, 0.05) is 30.3 Å². The van der Waals surface area contributed by atoms with E-state index in [1.165, 1.54) is 6.07 Å². The van der Waals surface area contributed by atoms with Crippen molar-refractivity contribution in [3.8, 4) is 0 Å². The maximum atomic E-state index is 14.0. The van der Waals surface area contributed by atoms with Crippen LogP contribution in [0.4, 0.5) is 10.2 Å². The van der Waals surface area contributed by atoms with E-state index in [0.29, 0.717) is 50.5 Å². The zero-order valence-electron chi connectivity index (χ0n) is 12.0. The first-order chi connectivity index (χ1) is 10.6. The molecule has 2 fully saturated rings. The number of aromatic nitrogens is 1. The van der Waals surface area contributed by atoms with Gasteiger partial charge in [-0.05, 0) is 22.0 Å². The van der Waals surface area contributed by atoms with E-state index in [-0.39, 0.29) is 11.7 Å². The number of morpholine rings is 2. The van der Waals surface area contributed by atoms with Crippen LogP contribution in [0.3, 0.4) is 0 Å². The van der Waals surface area contributed by atoms with Crippen LogP contribution in [0.5, 0.6) is 0 Å². The van der Waals surface area contributed by atoms with E-state index in [4.69, 9.17) is 9.47 Å². The van der Waals surface area contributed by atoms with Gasteiger partial charge in [0.2, 0.25) is 0 Å². The molecule has 1 atom stereocenters. The largest absolute Gasteiger partial charge is 0.378 e. The fourth-order valence-electron chi connectivity index (χ4n) is 2.62. The predicted octanol–water partition coefficient (Wildman–Crippen LogP) is 1.05. The fraction of sp³-hybridized carbons (Fsp3) is 0.571. The Morgan fingerprint density at radius 2 is 2.09 bits per heavy atom. The molecular formula is C14H17BrFN3O3. The molecule has 1 amide bonds. The lowest BCUT2D eigenvalue weighted by Gasteiger charge is -2.36. The molecule has 6 nitrogen and oxygen atoms in total.